The Bertz CT molecular complexity index is 467. The number of carboxylic acid groups (broad SMARTS) is 1. The van der Waals surface area contributed by atoms with Crippen LogP contribution in [0.4, 0.5) is 13.2 Å². The van der Waals surface area contributed by atoms with Crippen molar-refractivity contribution in [3.05, 3.63) is 35.4 Å². The average molecular weight is 259 g/mol. The topological polar surface area (TPSA) is 49.3 Å². The molecule has 1 aromatic rings. The highest BCUT2D eigenvalue weighted by molar-refractivity contribution is 5.69. The van der Waals surface area contributed by atoms with Gasteiger partial charge in [0.15, 0.2) is 0 Å². The fourth-order valence-electron chi connectivity index (χ4n) is 2.31. The molecule has 2 rings (SSSR count). The lowest BCUT2D eigenvalue weighted by atomic mass is 9.76. The Balaban J connectivity index is 2.46. The molecule has 1 unspecified atom stereocenters. The van der Waals surface area contributed by atoms with Gasteiger partial charge >= 0.3 is 12.1 Å². The minimum Gasteiger partial charge on any atom is -0.481 e. The lowest BCUT2D eigenvalue weighted by molar-refractivity contribution is -0.143. The van der Waals surface area contributed by atoms with Gasteiger partial charge in [0, 0.05) is 0 Å². The van der Waals surface area contributed by atoms with E-state index in [1.54, 1.807) is 0 Å². The monoisotopic (exact) mass is 259 g/mol. The number of rotatable bonds is 3. The summed E-state index contributed by atoms with van der Waals surface area (Å²) in [4.78, 5) is 10.8. The molecule has 1 aliphatic rings. The van der Waals surface area contributed by atoms with E-state index >= 15 is 0 Å². The van der Waals surface area contributed by atoms with Crippen LogP contribution in [-0.2, 0) is 16.5 Å². The molecule has 0 radical (unpaired) electrons. The minimum atomic E-state index is -4.47. The molecule has 2 N–H and O–H groups in total. The smallest absolute Gasteiger partial charge is 0.416 e. The van der Waals surface area contributed by atoms with E-state index < -0.39 is 23.2 Å². The second-order valence-corrected chi connectivity index (χ2v) is 4.37. The van der Waals surface area contributed by atoms with Crippen molar-refractivity contribution in [3.8, 4) is 0 Å². The Morgan fingerprint density at radius 3 is 2.44 bits per heavy atom. The van der Waals surface area contributed by atoms with Crippen molar-refractivity contribution in [1.82, 2.24) is 5.32 Å². The zero-order valence-electron chi connectivity index (χ0n) is 9.42. The Kier molecular flexibility index (Phi) is 3.06. The number of aliphatic carboxylic acids is 1. The Morgan fingerprint density at radius 2 is 2.00 bits per heavy atom. The lowest BCUT2D eigenvalue weighted by Crippen LogP contribution is -2.56. The molecular formula is C12H12F3NO2. The van der Waals surface area contributed by atoms with Crippen molar-refractivity contribution in [1.29, 1.82) is 0 Å². The van der Waals surface area contributed by atoms with E-state index in [2.05, 4.69) is 5.32 Å². The van der Waals surface area contributed by atoms with Crippen LogP contribution in [0, 0.1) is 0 Å². The summed E-state index contributed by atoms with van der Waals surface area (Å²) >= 11 is 0. The van der Waals surface area contributed by atoms with Crippen molar-refractivity contribution in [3.63, 3.8) is 0 Å². The molecule has 0 aromatic heterocycles. The van der Waals surface area contributed by atoms with Gasteiger partial charge in [0.05, 0.1) is 17.5 Å². The van der Waals surface area contributed by atoms with Crippen LogP contribution in [0.3, 0.4) is 0 Å². The van der Waals surface area contributed by atoms with Crippen molar-refractivity contribution in [2.75, 3.05) is 6.54 Å². The molecular weight excluding hydrogens is 247 g/mol. The Morgan fingerprint density at radius 1 is 1.39 bits per heavy atom. The zero-order chi connectivity index (χ0) is 13.4. The SMILES string of the molecule is O=C(O)CC1(c2ccccc2C(F)(F)F)CCN1. The van der Waals surface area contributed by atoms with Crippen LogP contribution in [0.1, 0.15) is 24.0 Å². The molecule has 6 heteroatoms. The highest BCUT2D eigenvalue weighted by Crippen LogP contribution is 2.42. The first-order valence-electron chi connectivity index (χ1n) is 5.49. The zero-order valence-corrected chi connectivity index (χ0v) is 9.42. The standard InChI is InChI=1S/C12H12F3NO2/c13-12(14,15)9-4-2-1-3-8(9)11(5-6-16-11)7-10(17)18/h1-4,16H,5-7H2,(H,17,18). The van der Waals surface area contributed by atoms with Crippen LogP contribution >= 0.6 is 0 Å². The predicted octanol–water partition coefficient (Wildman–Crippen LogP) is 2.37. The van der Waals surface area contributed by atoms with E-state index in [9.17, 15) is 18.0 Å². The summed E-state index contributed by atoms with van der Waals surface area (Å²) in [7, 11) is 0. The maximum Gasteiger partial charge on any atom is 0.416 e. The van der Waals surface area contributed by atoms with Crippen LogP contribution in [0.25, 0.3) is 0 Å². The van der Waals surface area contributed by atoms with Gasteiger partial charge in [-0.2, -0.15) is 13.2 Å². The van der Waals surface area contributed by atoms with Crippen molar-refractivity contribution in [2.45, 2.75) is 24.6 Å². The quantitative estimate of drug-likeness (QED) is 0.876. The number of halogens is 3. The summed E-state index contributed by atoms with van der Waals surface area (Å²) in [5.74, 6) is -1.11. The molecule has 0 amide bonds. The summed E-state index contributed by atoms with van der Waals surface area (Å²) < 4.78 is 38.7. The third kappa shape index (κ3) is 2.20. The fraction of sp³-hybridized carbons (Fsp3) is 0.417. The van der Waals surface area contributed by atoms with Gasteiger partial charge in [0.1, 0.15) is 0 Å². The number of nitrogens with one attached hydrogen (secondary N) is 1. The van der Waals surface area contributed by atoms with Crippen LogP contribution in [0.2, 0.25) is 0 Å². The normalized spacial score (nSPS) is 23.5. The summed E-state index contributed by atoms with van der Waals surface area (Å²) in [6, 6.07) is 5.13. The minimum absolute atomic E-state index is 0.0196. The van der Waals surface area contributed by atoms with Crippen LogP contribution in [-0.4, -0.2) is 17.6 Å². The fourth-order valence-corrected chi connectivity index (χ4v) is 2.31. The second-order valence-electron chi connectivity index (χ2n) is 4.37. The van der Waals surface area contributed by atoms with Gasteiger partial charge < -0.3 is 10.4 Å². The summed E-state index contributed by atoms with van der Waals surface area (Å²) in [5.41, 5.74) is -1.83. The molecule has 0 aliphatic carbocycles. The summed E-state index contributed by atoms with van der Waals surface area (Å²) in [5, 5.41) is 11.7. The Hall–Kier alpha value is -1.56. The van der Waals surface area contributed by atoms with Crippen molar-refractivity contribution >= 4 is 5.97 Å². The average Bonchev–Trinajstić information content (AvgIpc) is 2.22. The summed E-state index contributed by atoms with van der Waals surface area (Å²) in [6.45, 7) is 0.527. The van der Waals surface area contributed by atoms with Gasteiger partial charge in [-0.25, -0.2) is 0 Å². The van der Waals surface area contributed by atoms with E-state index in [0.717, 1.165) is 6.07 Å². The van der Waals surface area contributed by atoms with Crippen LogP contribution in [0.5, 0.6) is 0 Å². The number of benzene rings is 1. The number of carbonyl (C=O) groups is 1. The molecule has 98 valence electrons. The molecule has 1 saturated heterocycles. The number of alkyl halides is 3. The molecule has 3 nitrogen and oxygen atoms in total. The van der Waals surface area contributed by atoms with E-state index in [0.29, 0.717) is 13.0 Å². The largest absolute Gasteiger partial charge is 0.481 e. The van der Waals surface area contributed by atoms with E-state index in [-0.39, 0.29) is 12.0 Å². The van der Waals surface area contributed by atoms with Crippen LogP contribution < -0.4 is 5.32 Å². The van der Waals surface area contributed by atoms with E-state index in [4.69, 9.17) is 5.11 Å². The molecule has 0 saturated carbocycles. The van der Waals surface area contributed by atoms with Gasteiger partial charge in [0.2, 0.25) is 0 Å². The van der Waals surface area contributed by atoms with Gasteiger partial charge in [-0.15, -0.1) is 0 Å². The number of hydrogen-bond acceptors (Lipinski definition) is 2. The molecule has 1 atom stereocenters. The number of carboxylic acids is 1. The van der Waals surface area contributed by atoms with Gasteiger partial charge in [-0.1, -0.05) is 18.2 Å². The van der Waals surface area contributed by atoms with Gasteiger partial charge in [0.25, 0.3) is 0 Å². The molecule has 1 aromatic carbocycles. The molecule has 0 bridgehead atoms. The van der Waals surface area contributed by atoms with Crippen molar-refractivity contribution in [2.24, 2.45) is 0 Å². The second kappa shape index (κ2) is 4.28. The molecule has 1 aliphatic heterocycles. The number of hydrogen-bond donors (Lipinski definition) is 2. The van der Waals surface area contributed by atoms with Crippen LogP contribution in [0.15, 0.2) is 24.3 Å². The molecule has 18 heavy (non-hydrogen) atoms. The highest BCUT2D eigenvalue weighted by atomic mass is 19.4. The van der Waals surface area contributed by atoms with Crippen molar-refractivity contribution < 1.29 is 23.1 Å². The maximum atomic E-state index is 12.9. The van der Waals surface area contributed by atoms with Gasteiger partial charge in [-0.3, -0.25) is 4.79 Å². The first-order chi connectivity index (χ1) is 8.35. The molecule has 1 fully saturated rings. The lowest BCUT2D eigenvalue weighted by Gasteiger charge is -2.44. The molecule has 0 spiro atoms. The van der Waals surface area contributed by atoms with E-state index in [1.807, 2.05) is 0 Å². The Labute approximate surface area is 102 Å². The molecule has 1 heterocycles. The first kappa shape index (κ1) is 12.9. The first-order valence-corrected chi connectivity index (χ1v) is 5.49. The predicted molar refractivity (Wildman–Crippen MR) is 58.0 cm³/mol. The maximum absolute atomic E-state index is 12.9. The summed E-state index contributed by atoms with van der Waals surface area (Å²) in [6.07, 6.45) is -4.42. The highest BCUT2D eigenvalue weighted by Gasteiger charge is 2.46. The van der Waals surface area contributed by atoms with Gasteiger partial charge in [-0.05, 0) is 24.6 Å². The van der Waals surface area contributed by atoms with E-state index in [1.165, 1.54) is 18.2 Å². The third-order valence-corrected chi connectivity index (χ3v) is 3.22. The third-order valence-electron chi connectivity index (χ3n) is 3.22.